The maximum Gasteiger partial charge on any atom is 0.224 e. The predicted molar refractivity (Wildman–Crippen MR) is 62.2 cm³/mol. The van der Waals surface area contributed by atoms with Gasteiger partial charge >= 0.3 is 0 Å². The molecule has 1 heterocycles. The summed E-state index contributed by atoms with van der Waals surface area (Å²) in [5, 5.41) is 3.52. The normalized spacial score (nSPS) is 27.5. The van der Waals surface area contributed by atoms with E-state index in [2.05, 4.69) is 17.1 Å². The summed E-state index contributed by atoms with van der Waals surface area (Å²) in [4.78, 5) is 13.8. The van der Waals surface area contributed by atoms with E-state index in [1.165, 1.54) is 12.8 Å². The highest BCUT2D eigenvalue weighted by atomic mass is 16.5. The van der Waals surface area contributed by atoms with Crippen LogP contribution in [0.25, 0.3) is 0 Å². The van der Waals surface area contributed by atoms with Crippen molar-refractivity contribution < 1.29 is 9.53 Å². The Labute approximate surface area is 97.3 Å². The molecular formula is C12H22N2O2. The van der Waals surface area contributed by atoms with E-state index >= 15 is 0 Å². The van der Waals surface area contributed by atoms with Gasteiger partial charge in [0.25, 0.3) is 0 Å². The molecule has 1 saturated carbocycles. The Bertz CT molecular complexity index is 253. The Balaban J connectivity index is 1.80. The Kier molecular flexibility index (Phi) is 3.82. The number of rotatable bonds is 6. The van der Waals surface area contributed by atoms with Crippen LogP contribution in [-0.4, -0.2) is 49.2 Å². The number of hydrogen-bond donors (Lipinski definition) is 1. The molecule has 2 fully saturated rings. The molecule has 4 nitrogen and oxygen atoms in total. The fraction of sp³-hybridized carbons (Fsp3) is 0.917. The first kappa shape index (κ1) is 11.9. The van der Waals surface area contributed by atoms with E-state index < -0.39 is 0 Å². The van der Waals surface area contributed by atoms with Crippen molar-refractivity contribution in [3.8, 4) is 0 Å². The number of ether oxygens (including phenoxy) is 1. The Morgan fingerprint density at radius 2 is 2.31 bits per heavy atom. The van der Waals surface area contributed by atoms with Gasteiger partial charge in [-0.2, -0.15) is 0 Å². The molecule has 0 aromatic rings. The number of nitrogens with one attached hydrogen (secondary N) is 1. The SMILES string of the molecule is CCC(COC)NC1CC(=O)N(C2CC2)C1. The molecule has 2 aliphatic rings. The van der Waals surface area contributed by atoms with Crippen LogP contribution in [0.2, 0.25) is 0 Å². The third kappa shape index (κ3) is 2.74. The zero-order valence-electron chi connectivity index (χ0n) is 10.2. The van der Waals surface area contributed by atoms with E-state index in [4.69, 9.17) is 4.74 Å². The molecule has 0 aromatic carbocycles. The molecule has 2 rings (SSSR count). The lowest BCUT2D eigenvalue weighted by atomic mass is 10.2. The molecule has 92 valence electrons. The first-order chi connectivity index (χ1) is 7.74. The highest BCUT2D eigenvalue weighted by Crippen LogP contribution is 2.30. The van der Waals surface area contributed by atoms with Crippen molar-refractivity contribution in [1.29, 1.82) is 0 Å². The van der Waals surface area contributed by atoms with E-state index in [1.807, 2.05) is 0 Å². The van der Waals surface area contributed by atoms with E-state index in [1.54, 1.807) is 7.11 Å². The minimum atomic E-state index is 0.326. The number of nitrogens with zero attached hydrogens (tertiary/aromatic N) is 1. The molecule has 1 aliphatic heterocycles. The van der Waals surface area contributed by atoms with E-state index in [0.717, 1.165) is 19.6 Å². The van der Waals surface area contributed by atoms with Crippen molar-refractivity contribution in [2.75, 3.05) is 20.3 Å². The van der Waals surface area contributed by atoms with Gasteiger partial charge < -0.3 is 15.0 Å². The maximum absolute atomic E-state index is 11.7. The van der Waals surface area contributed by atoms with Gasteiger partial charge in [-0.3, -0.25) is 4.79 Å². The standard InChI is InChI=1S/C12H22N2O2/c1-3-9(8-16-2)13-10-6-12(15)14(7-10)11-4-5-11/h9-11,13H,3-8H2,1-2H3. The van der Waals surface area contributed by atoms with Crippen LogP contribution in [0.1, 0.15) is 32.6 Å². The lowest BCUT2D eigenvalue weighted by molar-refractivity contribution is -0.128. The Morgan fingerprint density at radius 3 is 2.88 bits per heavy atom. The second kappa shape index (κ2) is 5.15. The largest absolute Gasteiger partial charge is 0.383 e. The average molecular weight is 226 g/mol. The molecular weight excluding hydrogens is 204 g/mol. The van der Waals surface area contributed by atoms with Gasteiger partial charge in [-0.25, -0.2) is 0 Å². The summed E-state index contributed by atoms with van der Waals surface area (Å²) >= 11 is 0. The second-order valence-electron chi connectivity index (χ2n) is 4.91. The first-order valence-electron chi connectivity index (χ1n) is 6.29. The monoisotopic (exact) mass is 226 g/mol. The van der Waals surface area contributed by atoms with Crippen LogP contribution in [0.4, 0.5) is 0 Å². The van der Waals surface area contributed by atoms with Gasteiger partial charge in [0.2, 0.25) is 5.91 Å². The fourth-order valence-corrected chi connectivity index (χ4v) is 2.40. The van der Waals surface area contributed by atoms with E-state index in [-0.39, 0.29) is 0 Å². The Hall–Kier alpha value is -0.610. The number of amides is 1. The molecule has 0 bridgehead atoms. The zero-order valence-corrected chi connectivity index (χ0v) is 10.2. The quantitative estimate of drug-likeness (QED) is 0.727. The van der Waals surface area contributed by atoms with Crippen molar-refractivity contribution in [3.05, 3.63) is 0 Å². The lowest BCUT2D eigenvalue weighted by Gasteiger charge is -2.21. The van der Waals surface area contributed by atoms with Gasteiger partial charge in [0, 0.05) is 38.2 Å². The van der Waals surface area contributed by atoms with Gasteiger partial charge in [-0.1, -0.05) is 6.92 Å². The van der Waals surface area contributed by atoms with Gasteiger partial charge in [-0.15, -0.1) is 0 Å². The summed E-state index contributed by atoms with van der Waals surface area (Å²) in [5.41, 5.74) is 0. The molecule has 1 N–H and O–H groups in total. The fourth-order valence-electron chi connectivity index (χ4n) is 2.40. The molecule has 2 unspecified atom stereocenters. The van der Waals surface area contributed by atoms with Crippen molar-refractivity contribution in [3.63, 3.8) is 0 Å². The van der Waals surface area contributed by atoms with Gasteiger partial charge in [-0.05, 0) is 19.3 Å². The number of likely N-dealkylation sites (tertiary alicyclic amines) is 1. The molecule has 2 atom stereocenters. The smallest absolute Gasteiger partial charge is 0.224 e. The summed E-state index contributed by atoms with van der Waals surface area (Å²) < 4.78 is 5.16. The van der Waals surface area contributed by atoms with Crippen LogP contribution >= 0.6 is 0 Å². The van der Waals surface area contributed by atoms with E-state index in [9.17, 15) is 4.79 Å². The molecule has 1 amide bonds. The highest BCUT2D eigenvalue weighted by molar-refractivity contribution is 5.80. The first-order valence-corrected chi connectivity index (χ1v) is 6.29. The number of carbonyl (C=O) groups excluding carboxylic acids is 1. The topological polar surface area (TPSA) is 41.6 Å². The molecule has 1 aliphatic carbocycles. The number of hydrogen-bond acceptors (Lipinski definition) is 3. The molecule has 0 radical (unpaired) electrons. The van der Waals surface area contributed by atoms with Crippen LogP contribution < -0.4 is 5.32 Å². The summed E-state index contributed by atoms with van der Waals surface area (Å²) in [6.45, 7) is 3.76. The van der Waals surface area contributed by atoms with Crippen LogP contribution in [-0.2, 0) is 9.53 Å². The van der Waals surface area contributed by atoms with Crippen molar-refractivity contribution in [2.24, 2.45) is 0 Å². The van der Waals surface area contributed by atoms with Crippen molar-refractivity contribution in [2.45, 2.75) is 50.7 Å². The molecule has 1 saturated heterocycles. The summed E-state index contributed by atoms with van der Waals surface area (Å²) in [5.74, 6) is 0.326. The summed E-state index contributed by atoms with van der Waals surface area (Å²) in [7, 11) is 1.72. The number of methoxy groups -OCH3 is 1. The van der Waals surface area contributed by atoms with Crippen LogP contribution in [0.3, 0.4) is 0 Å². The van der Waals surface area contributed by atoms with Gasteiger partial charge in [0.05, 0.1) is 6.61 Å². The zero-order chi connectivity index (χ0) is 11.5. The van der Waals surface area contributed by atoms with Crippen LogP contribution in [0.15, 0.2) is 0 Å². The molecule has 0 spiro atoms. The van der Waals surface area contributed by atoms with Gasteiger partial charge in [0.1, 0.15) is 0 Å². The van der Waals surface area contributed by atoms with Crippen molar-refractivity contribution in [1.82, 2.24) is 10.2 Å². The lowest BCUT2D eigenvalue weighted by Crippen LogP contribution is -2.42. The minimum absolute atomic E-state index is 0.326. The minimum Gasteiger partial charge on any atom is -0.383 e. The highest BCUT2D eigenvalue weighted by Gasteiger charge is 2.39. The van der Waals surface area contributed by atoms with E-state index in [0.29, 0.717) is 30.5 Å². The third-order valence-corrected chi connectivity index (χ3v) is 3.48. The van der Waals surface area contributed by atoms with Crippen molar-refractivity contribution >= 4 is 5.91 Å². The third-order valence-electron chi connectivity index (χ3n) is 3.48. The summed E-state index contributed by atoms with van der Waals surface area (Å²) in [6.07, 6.45) is 4.11. The van der Waals surface area contributed by atoms with Crippen LogP contribution in [0, 0.1) is 0 Å². The Morgan fingerprint density at radius 1 is 1.56 bits per heavy atom. The van der Waals surface area contributed by atoms with Gasteiger partial charge in [0.15, 0.2) is 0 Å². The van der Waals surface area contributed by atoms with Crippen LogP contribution in [0.5, 0.6) is 0 Å². The molecule has 0 aromatic heterocycles. The second-order valence-corrected chi connectivity index (χ2v) is 4.91. The molecule has 4 heteroatoms. The predicted octanol–water partition coefficient (Wildman–Crippen LogP) is 0.764. The average Bonchev–Trinajstić information content (AvgIpc) is 3.03. The maximum atomic E-state index is 11.7. The number of carbonyl (C=O) groups is 1. The molecule has 16 heavy (non-hydrogen) atoms. The summed E-state index contributed by atoms with van der Waals surface area (Å²) in [6, 6.07) is 1.26.